The number of fused-ring (bicyclic) bond motifs is 1. The summed E-state index contributed by atoms with van der Waals surface area (Å²) in [5.74, 6) is 0.726. The summed E-state index contributed by atoms with van der Waals surface area (Å²) < 4.78 is 2.01. The van der Waals surface area contributed by atoms with Crippen molar-refractivity contribution in [2.45, 2.75) is 32.4 Å². The van der Waals surface area contributed by atoms with Crippen molar-refractivity contribution >= 4 is 17.4 Å². The van der Waals surface area contributed by atoms with Crippen molar-refractivity contribution in [3.05, 3.63) is 78.0 Å². The van der Waals surface area contributed by atoms with Crippen molar-refractivity contribution in [3.8, 4) is 11.3 Å². The highest BCUT2D eigenvalue weighted by Gasteiger charge is 2.24. The SMILES string of the molecule is Cc1cc(-c2cnc3c(NCc4ccncc4)nccn23)ccc1C(=O)NC1CC1. The summed E-state index contributed by atoms with van der Waals surface area (Å²) in [5, 5.41) is 6.41. The number of imidazole rings is 1. The molecule has 1 amide bonds. The normalized spacial score (nSPS) is 13.4. The summed E-state index contributed by atoms with van der Waals surface area (Å²) in [5.41, 5.74) is 5.52. The Kier molecular flexibility index (Phi) is 4.63. The van der Waals surface area contributed by atoms with Gasteiger partial charge in [-0.3, -0.25) is 14.2 Å². The first-order valence-electron chi connectivity index (χ1n) is 10.1. The topological polar surface area (TPSA) is 84.2 Å². The van der Waals surface area contributed by atoms with Gasteiger partial charge in [-0.15, -0.1) is 0 Å². The molecule has 1 aromatic carbocycles. The average molecular weight is 398 g/mol. The second kappa shape index (κ2) is 7.59. The van der Waals surface area contributed by atoms with Crippen LogP contribution in [0.2, 0.25) is 0 Å². The van der Waals surface area contributed by atoms with Crippen LogP contribution in [-0.2, 0) is 6.54 Å². The van der Waals surface area contributed by atoms with E-state index in [1.807, 2.05) is 54.0 Å². The summed E-state index contributed by atoms with van der Waals surface area (Å²) in [7, 11) is 0. The molecule has 0 radical (unpaired) electrons. The minimum Gasteiger partial charge on any atom is -0.363 e. The van der Waals surface area contributed by atoms with Crippen molar-refractivity contribution < 1.29 is 4.79 Å². The highest BCUT2D eigenvalue weighted by Crippen LogP contribution is 2.26. The van der Waals surface area contributed by atoms with Crippen molar-refractivity contribution in [2.75, 3.05) is 5.32 Å². The van der Waals surface area contributed by atoms with Crippen LogP contribution in [-0.4, -0.2) is 31.3 Å². The minimum absolute atomic E-state index is 0.00601. The number of nitrogens with one attached hydrogen (secondary N) is 2. The maximum atomic E-state index is 12.4. The average Bonchev–Trinajstić information content (AvgIpc) is 3.47. The van der Waals surface area contributed by atoms with Crippen molar-refractivity contribution in [1.82, 2.24) is 24.7 Å². The molecule has 1 aliphatic rings. The molecule has 0 spiro atoms. The largest absolute Gasteiger partial charge is 0.363 e. The Morgan fingerprint density at radius 3 is 2.73 bits per heavy atom. The molecule has 2 N–H and O–H groups in total. The van der Waals surface area contributed by atoms with E-state index in [1.54, 1.807) is 18.6 Å². The van der Waals surface area contributed by atoms with Gasteiger partial charge in [0.2, 0.25) is 0 Å². The molecule has 150 valence electrons. The van der Waals surface area contributed by atoms with E-state index < -0.39 is 0 Å². The van der Waals surface area contributed by atoms with Crippen LogP contribution < -0.4 is 10.6 Å². The number of anilines is 1. The number of benzene rings is 1. The Bertz CT molecular complexity index is 1210. The first-order valence-corrected chi connectivity index (χ1v) is 10.1. The van der Waals surface area contributed by atoms with Gasteiger partial charge in [0.15, 0.2) is 11.5 Å². The highest BCUT2D eigenvalue weighted by atomic mass is 16.1. The lowest BCUT2D eigenvalue weighted by Gasteiger charge is -2.10. The van der Waals surface area contributed by atoms with Gasteiger partial charge >= 0.3 is 0 Å². The van der Waals surface area contributed by atoms with Crippen LogP contribution in [0, 0.1) is 6.92 Å². The van der Waals surface area contributed by atoms with Crippen LogP contribution in [0.1, 0.15) is 34.3 Å². The van der Waals surface area contributed by atoms with Gasteiger partial charge in [0, 0.05) is 48.5 Å². The lowest BCUT2D eigenvalue weighted by molar-refractivity contribution is 0.0950. The summed E-state index contributed by atoms with van der Waals surface area (Å²) in [6, 6.07) is 10.2. The molecule has 7 heteroatoms. The zero-order valence-corrected chi connectivity index (χ0v) is 16.7. The Hall–Kier alpha value is -3.74. The van der Waals surface area contributed by atoms with E-state index in [-0.39, 0.29) is 5.91 Å². The van der Waals surface area contributed by atoms with Gasteiger partial charge < -0.3 is 10.6 Å². The lowest BCUT2D eigenvalue weighted by Crippen LogP contribution is -2.26. The molecule has 0 unspecified atom stereocenters. The van der Waals surface area contributed by atoms with Crippen LogP contribution in [0.25, 0.3) is 16.9 Å². The summed E-state index contributed by atoms with van der Waals surface area (Å²) >= 11 is 0. The van der Waals surface area contributed by atoms with Crippen LogP contribution in [0.5, 0.6) is 0 Å². The fraction of sp³-hybridized carbons (Fsp3) is 0.217. The molecule has 5 rings (SSSR count). The molecular weight excluding hydrogens is 376 g/mol. The fourth-order valence-electron chi connectivity index (χ4n) is 3.51. The molecule has 7 nitrogen and oxygen atoms in total. The number of pyridine rings is 1. The van der Waals surface area contributed by atoms with Crippen LogP contribution in [0.15, 0.2) is 61.3 Å². The molecule has 0 atom stereocenters. The molecule has 3 heterocycles. The van der Waals surface area contributed by atoms with Crippen LogP contribution in [0.3, 0.4) is 0 Å². The summed E-state index contributed by atoms with van der Waals surface area (Å²) in [6.07, 6.45) is 11.2. The minimum atomic E-state index is 0.00601. The van der Waals surface area contributed by atoms with Crippen molar-refractivity contribution in [1.29, 1.82) is 0 Å². The molecular formula is C23H22N6O. The quantitative estimate of drug-likeness (QED) is 0.518. The second-order valence-corrected chi connectivity index (χ2v) is 7.60. The number of aromatic nitrogens is 4. The highest BCUT2D eigenvalue weighted by molar-refractivity contribution is 5.96. The molecule has 0 aliphatic heterocycles. The standard InChI is InChI=1S/C23H22N6O/c1-15-12-17(2-5-19(15)23(30)28-18-3-4-18)20-14-27-22-21(25-10-11-29(20)22)26-13-16-6-8-24-9-7-16/h2,5-12,14,18H,3-4,13H2,1H3,(H,25,26)(H,28,30). The fourth-order valence-corrected chi connectivity index (χ4v) is 3.51. The van der Waals surface area contributed by atoms with Crippen LogP contribution in [0.4, 0.5) is 5.82 Å². The van der Waals surface area contributed by atoms with Gasteiger partial charge in [-0.25, -0.2) is 9.97 Å². The molecule has 0 saturated heterocycles. The van der Waals surface area contributed by atoms with Crippen molar-refractivity contribution in [3.63, 3.8) is 0 Å². The second-order valence-electron chi connectivity index (χ2n) is 7.60. The monoisotopic (exact) mass is 398 g/mol. The van der Waals surface area contributed by atoms with Gasteiger partial charge in [-0.05, 0) is 55.2 Å². The maximum Gasteiger partial charge on any atom is 0.251 e. The van der Waals surface area contributed by atoms with Gasteiger partial charge in [0.1, 0.15) is 0 Å². The number of amides is 1. The van der Waals surface area contributed by atoms with Gasteiger partial charge in [-0.1, -0.05) is 6.07 Å². The van der Waals surface area contributed by atoms with E-state index in [0.717, 1.165) is 52.3 Å². The van der Waals surface area contributed by atoms with Crippen LogP contribution >= 0.6 is 0 Å². The van der Waals surface area contributed by atoms with E-state index in [2.05, 4.69) is 25.6 Å². The first kappa shape index (κ1) is 18.3. The number of aryl methyl sites for hydroxylation is 1. The molecule has 3 aromatic heterocycles. The zero-order chi connectivity index (χ0) is 20.5. The molecule has 1 saturated carbocycles. The third-order valence-electron chi connectivity index (χ3n) is 5.32. The molecule has 1 fully saturated rings. The number of rotatable bonds is 6. The molecule has 30 heavy (non-hydrogen) atoms. The van der Waals surface area contributed by atoms with E-state index >= 15 is 0 Å². The zero-order valence-electron chi connectivity index (χ0n) is 16.7. The molecule has 0 bridgehead atoms. The van der Waals surface area contributed by atoms with E-state index in [0.29, 0.717) is 12.6 Å². The van der Waals surface area contributed by atoms with Crippen molar-refractivity contribution in [2.24, 2.45) is 0 Å². The predicted octanol–water partition coefficient (Wildman–Crippen LogP) is 3.60. The van der Waals surface area contributed by atoms with E-state index in [9.17, 15) is 4.79 Å². The van der Waals surface area contributed by atoms with Gasteiger partial charge in [0.25, 0.3) is 5.91 Å². The van der Waals surface area contributed by atoms with Gasteiger partial charge in [0.05, 0.1) is 11.9 Å². The third kappa shape index (κ3) is 3.61. The Balaban J connectivity index is 1.42. The van der Waals surface area contributed by atoms with Gasteiger partial charge in [-0.2, -0.15) is 0 Å². The Morgan fingerprint density at radius 2 is 1.97 bits per heavy atom. The Morgan fingerprint density at radius 1 is 1.13 bits per heavy atom. The Labute approximate surface area is 174 Å². The molecule has 1 aliphatic carbocycles. The molecule has 4 aromatic rings. The predicted molar refractivity (Wildman–Crippen MR) is 115 cm³/mol. The summed E-state index contributed by atoms with van der Waals surface area (Å²) in [6.45, 7) is 2.61. The summed E-state index contributed by atoms with van der Waals surface area (Å²) in [4.78, 5) is 25.5. The number of hydrogen-bond acceptors (Lipinski definition) is 5. The third-order valence-corrected chi connectivity index (χ3v) is 5.32. The number of nitrogens with zero attached hydrogens (tertiary/aromatic N) is 4. The smallest absolute Gasteiger partial charge is 0.251 e. The number of hydrogen-bond donors (Lipinski definition) is 2. The first-order chi connectivity index (χ1) is 14.7. The number of carbonyl (C=O) groups excluding carboxylic acids is 1. The maximum absolute atomic E-state index is 12.4. The van der Waals surface area contributed by atoms with E-state index in [1.165, 1.54) is 0 Å². The number of carbonyl (C=O) groups is 1. The lowest BCUT2D eigenvalue weighted by atomic mass is 10.0. The van der Waals surface area contributed by atoms with E-state index in [4.69, 9.17) is 0 Å².